The number of benzene rings is 2. The molecule has 0 saturated heterocycles. The number of nitrogens with one attached hydrogen (secondary N) is 1. The summed E-state index contributed by atoms with van der Waals surface area (Å²) >= 11 is 7.37. The highest BCUT2D eigenvalue weighted by atomic mass is 32.2. The minimum atomic E-state index is -0.386. The maximum Gasteiger partial charge on any atom is 0.258 e. The molecule has 1 N–H and O–H groups in total. The number of rotatable bonds is 8. The second kappa shape index (κ2) is 10.5. The number of thiocarbonyl (C=S) groups is 1. The van der Waals surface area contributed by atoms with Gasteiger partial charge in [0.2, 0.25) is 5.82 Å². The summed E-state index contributed by atoms with van der Waals surface area (Å²) in [5.41, 5.74) is 3.38. The van der Waals surface area contributed by atoms with Crippen molar-refractivity contribution >= 4 is 34.7 Å². The summed E-state index contributed by atoms with van der Waals surface area (Å²) in [4.78, 5) is 7.96. The molecule has 1 atom stereocenters. The topological polar surface area (TPSA) is 54.2 Å². The predicted octanol–water partition coefficient (Wildman–Crippen LogP) is 6.45. The van der Waals surface area contributed by atoms with E-state index in [9.17, 15) is 4.39 Å². The second-order valence-electron chi connectivity index (χ2n) is 7.95. The molecule has 0 aliphatic carbocycles. The van der Waals surface area contributed by atoms with Gasteiger partial charge in [-0.25, -0.2) is 4.39 Å². The van der Waals surface area contributed by atoms with Gasteiger partial charge in [-0.3, -0.25) is 0 Å². The lowest BCUT2D eigenvalue weighted by Gasteiger charge is -2.37. The first-order chi connectivity index (χ1) is 16.0. The third-order valence-electron chi connectivity index (χ3n) is 5.77. The van der Waals surface area contributed by atoms with Gasteiger partial charge in [0.15, 0.2) is 5.11 Å². The summed E-state index contributed by atoms with van der Waals surface area (Å²) < 4.78 is 19.8. The van der Waals surface area contributed by atoms with Crippen LogP contribution >= 0.6 is 24.0 Å². The minimum Gasteiger partial charge on any atom is -0.351 e. The summed E-state index contributed by atoms with van der Waals surface area (Å²) in [6.45, 7) is 4.98. The zero-order valence-corrected chi connectivity index (χ0v) is 20.6. The van der Waals surface area contributed by atoms with E-state index in [1.165, 1.54) is 17.0 Å². The molecule has 2 heterocycles. The molecule has 0 saturated carbocycles. The van der Waals surface area contributed by atoms with Crippen LogP contribution < -0.4 is 5.32 Å². The Morgan fingerprint density at radius 3 is 2.67 bits per heavy atom. The highest BCUT2D eigenvalue weighted by molar-refractivity contribution is 7.98. The third-order valence-corrected chi connectivity index (χ3v) is 6.85. The van der Waals surface area contributed by atoms with Crippen molar-refractivity contribution in [1.82, 2.24) is 20.4 Å². The average molecular weight is 483 g/mol. The zero-order chi connectivity index (χ0) is 23.4. The van der Waals surface area contributed by atoms with Crippen LogP contribution in [0, 0.1) is 5.82 Å². The molecule has 0 radical (unpaired) electrons. The quantitative estimate of drug-likeness (QED) is 0.225. The van der Waals surface area contributed by atoms with E-state index in [2.05, 4.69) is 22.3 Å². The van der Waals surface area contributed by atoms with Crippen LogP contribution in [0.2, 0.25) is 0 Å². The van der Waals surface area contributed by atoms with E-state index in [0.29, 0.717) is 16.8 Å². The first-order valence-electron chi connectivity index (χ1n) is 11.0. The number of allylic oxidation sites excluding steroid dienone is 1. The Morgan fingerprint density at radius 2 is 1.97 bits per heavy atom. The molecule has 33 heavy (non-hydrogen) atoms. The highest BCUT2D eigenvalue weighted by Gasteiger charge is 2.34. The summed E-state index contributed by atoms with van der Waals surface area (Å²) in [7, 11) is 0. The Bertz CT molecular complexity index is 1160. The smallest absolute Gasteiger partial charge is 0.258 e. The van der Waals surface area contributed by atoms with Gasteiger partial charge in [0.25, 0.3) is 5.89 Å². The van der Waals surface area contributed by atoms with Gasteiger partial charge < -0.3 is 14.7 Å². The second-order valence-corrected chi connectivity index (χ2v) is 9.21. The highest BCUT2D eigenvalue weighted by Crippen LogP contribution is 2.37. The SMILES string of the molecule is CCCCCN1C(=S)NC(c2cccc(F)c2)C(c2nc(-c3ccc(SC)cc3)no2)=C1C. The molecular weight excluding hydrogens is 455 g/mol. The number of halogens is 1. The fourth-order valence-electron chi connectivity index (χ4n) is 3.97. The Kier molecular flexibility index (Phi) is 7.45. The molecule has 0 spiro atoms. The molecule has 4 rings (SSSR count). The number of nitrogens with zero attached hydrogens (tertiary/aromatic N) is 3. The van der Waals surface area contributed by atoms with Gasteiger partial charge in [0, 0.05) is 22.7 Å². The van der Waals surface area contributed by atoms with Crippen LogP contribution in [0.4, 0.5) is 4.39 Å². The van der Waals surface area contributed by atoms with Gasteiger partial charge in [-0.05, 0) is 73.8 Å². The Morgan fingerprint density at radius 1 is 1.18 bits per heavy atom. The number of hydrogen-bond donors (Lipinski definition) is 1. The van der Waals surface area contributed by atoms with Crippen molar-refractivity contribution in [3.63, 3.8) is 0 Å². The maximum atomic E-state index is 14.1. The molecule has 5 nitrogen and oxygen atoms in total. The number of thioether (sulfide) groups is 1. The Labute approximate surface area is 203 Å². The van der Waals surface area contributed by atoms with Crippen LogP contribution in [0.25, 0.3) is 17.0 Å². The molecule has 0 bridgehead atoms. The number of hydrogen-bond acceptors (Lipinski definition) is 5. The van der Waals surface area contributed by atoms with Gasteiger partial charge in [0.05, 0.1) is 11.6 Å². The van der Waals surface area contributed by atoms with E-state index < -0.39 is 0 Å². The third kappa shape index (κ3) is 5.12. The lowest BCUT2D eigenvalue weighted by atomic mass is 9.94. The molecule has 1 aromatic heterocycles. The van der Waals surface area contributed by atoms with E-state index in [1.807, 2.05) is 43.5 Å². The lowest BCUT2D eigenvalue weighted by molar-refractivity contribution is 0.395. The largest absolute Gasteiger partial charge is 0.351 e. The molecular formula is C25H27FN4OS2. The van der Waals surface area contributed by atoms with Crippen LogP contribution in [-0.4, -0.2) is 33.0 Å². The van der Waals surface area contributed by atoms with Crippen LogP contribution in [0.5, 0.6) is 0 Å². The van der Waals surface area contributed by atoms with Crippen molar-refractivity contribution in [3.8, 4) is 11.4 Å². The normalized spacial score (nSPS) is 16.3. The van der Waals surface area contributed by atoms with Gasteiger partial charge in [-0.1, -0.05) is 37.1 Å². The van der Waals surface area contributed by atoms with Crippen molar-refractivity contribution in [2.75, 3.05) is 12.8 Å². The lowest BCUT2D eigenvalue weighted by Crippen LogP contribution is -2.46. The fourth-order valence-corrected chi connectivity index (χ4v) is 4.73. The summed E-state index contributed by atoms with van der Waals surface area (Å²) in [6.07, 6.45) is 5.30. The maximum absolute atomic E-state index is 14.1. The summed E-state index contributed by atoms with van der Waals surface area (Å²) in [6, 6.07) is 14.2. The minimum absolute atomic E-state index is 0.303. The molecule has 0 amide bonds. The first-order valence-corrected chi connectivity index (χ1v) is 12.7. The Hall–Kier alpha value is -2.71. The first kappa shape index (κ1) is 23.4. The molecule has 8 heteroatoms. The molecule has 1 aliphatic heterocycles. The number of aromatic nitrogens is 2. The van der Waals surface area contributed by atoms with E-state index in [-0.39, 0.29) is 11.9 Å². The number of unbranched alkanes of at least 4 members (excludes halogenated alkanes) is 2. The summed E-state index contributed by atoms with van der Waals surface area (Å²) in [5, 5.41) is 8.24. The molecule has 1 unspecified atom stereocenters. The van der Waals surface area contributed by atoms with Crippen molar-refractivity contribution in [3.05, 3.63) is 71.5 Å². The van der Waals surface area contributed by atoms with Gasteiger partial charge in [0.1, 0.15) is 5.82 Å². The van der Waals surface area contributed by atoms with E-state index in [0.717, 1.165) is 48.2 Å². The fraction of sp³-hybridized carbons (Fsp3) is 0.320. The Balaban J connectivity index is 1.75. The van der Waals surface area contributed by atoms with Crippen LogP contribution in [0.1, 0.15) is 50.6 Å². The van der Waals surface area contributed by atoms with Crippen LogP contribution in [0.15, 0.2) is 63.6 Å². The zero-order valence-electron chi connectivity index (χ0n) is 19.0. The van der Waals surface area contributed by atoms with Crippen molar-refractivity contribution in [1.29, 1.82) is 0 Å². The molecule has 3 aromatic rings. The van der Waals surface area contributed by atoms with E-state index in [4.69, 9.17) is 21.7 Å². The van der Waals surface area contributed by atoms with Crippen molar-refractivity contribution < 1.29 is 8.91 Å². The standard InChI is InChI=1S/C25H27FN4OS2/c1-4-5-6-14-30-16(2)21(22(27-25(30)32)18-8-7-9-19(26)15-18)24-28-23(29-31-24)17-10-12-20(33-3)13-11-17/h7-13,15,22H,4-6,14H2,1-3H3,(H,27,32). The molecule has 0 fully saturated rings. The van der Waals surface area contributed by atoms with Gasteiger partial charge in [-0.2, -0.15) is 4.98 Å². The van der Waals surface area contributed by atoms with Gasteiger partial charge in [-0.15, -0.1) is 11.8 Å². The molecule has 172 valence electrons. The van der Waals surface area contributed by atoms with Crippen LogP contribution in [-0.2, 0) is 0 Å². The monoisotopic (exact) mass is 482 g/mol. The van der Waals surface area contributed by atoms with E-state index in [1.54, 1.807) is 17.8 Å². The predicted molar refractivity (Wildman–Crippen MR) is 135 cm³/mol. The molecule has 2 aromatic carbocycles. The summed E-state index contributed by atoms with van der Waals surface area (Å²) in [5.74, 6) is 0.616. The van der Waals surface area contributed by atoms with Crippen molar-refractivity contribution in [2.24, 2.45) is 0 Å². The van der Waals surface area contributed by atoms with Crippen molar-refractivity contribution in [2.45, 2.75) is 44.0 Å². The molecule has 1 aliphatic rings. The van der Waals surface area contributed by atoms with Gasteiger partial charge >= 0.3 is 0 Å². The van der Waals surface area contributed by atoms with E-state index >= 15 is 0 Å². The van der Waals surface area contributed by atoms with Crippen LogP contribution in [0.3, 0.4) is 0 Å². The average Bonchev–Trinajstić information content (AvgIpc) is 3.30.